The molecule has 0 spiro atoms. The molecule has 55 valence electrons. The molecule has 0 aromatic carbocycles. The van der Waals surface area contributed by atoms with Gasteiger partial charge in [-0.05, 0) is 0 Å². The topological polar surface area (TPSA) is 60.7 Å². The van der Waals surface area contributed by atoms with Crippen LogP contribution < -0.4 is 0 Å². The van der Waals surface area contributed by atoms with Crippen molar-refractivity contribution in [3.63, 3.8) is 0 Å². The zero-order chi connectivity index (χ0) is 6.00. The Morgan fingerprint density at radius 3 is 0.625 bits per heavy atom. The largest absolute Gasteiger partial charge is 0.400 e. The van der Waals surface area contributed by atoms with E-state index >= 15 is 0 Å². The first kappa shape index (κ1) is 37.3. The van der Waals surface area contributed by atoms with E-state index in [4.69, 9.17) is 15.3 Å². The first-order chi connectivity index (χ1) is 3.00. The monoisotopic (exact) mass is 183 g/mol. The second-order valence-corrected chi connectivity index (χ2v) is 0. The fourth-order valence-corrected chi connectivity index (χ4v) is 0. The predicted molar refractivity (Wildman–Crippen MR) is 31.7 cm³/mol. The normalized spacial score (nSPS) is 2.25. The number of aliphatic hydroxyl groups excluding tert-OH is 3. The van der Waals surface area contributed by atoms with E-state index < -0.39 is 0 Å². The number of rotatable bonds is 0. The molecule has 0 heterocycles. The van der Waals surface area contributed by atoms with Crippen molar-refractivity contribution in [1.29, 1.82) is 0 Å². The van der Waals surface area contributed by atoms with Gasteiger partial charge >= 0.3 is 0 Å². The Morgan fingerprint density at radius 2 is 0.625 bits per heavy atom. The molecule has 0 aromatic rings. The molecule has 0 aliphatic rings. The number of aliphatic hydroxyl groups is 3. The van der Waals surface area contributed by atoms with Crippen molar-refractivity contribution in [1.82, 2.24) is 0 Å². The van der Waals surface area contributed by atoms with Gasteiger partial charge in [-0.1, -0.05) is 0 Å². The average Bonchev–Trinajstić information content (AvgIpc) is 1.81. The molecule has 0 bridgehead atoms. The standard InChI is InChI=1S/3CH4O.ClH.V/c3*1-2;;/h3*2H,1H3;1H;. The van der Waals surface area contributed by atoms with Gasteiger partial charge < -0.3 is 15.3 Å². The minimum absolute atomic E-state index is 0. The molecule has 1 radical (unpaired) electrons. The molecular weight excluding hydrogens is 170 g/mol. The predicted octanol–water partition coefficient (Wildman–Crippen LogP) is -0.755. The van der Waals surface area contributed by atoms with Crippen molar-refractivity contribution >= 4 is 12.4 Å². The second-order valence-electron chi connectivity index (χ2n) is 0. The van der Waals surface area contributed by atoms with Crippen LogP contribution in [0.15, 0.2) is 0 Å². The first-order valence-corrected chi connectivity index (χ1v) is 1.34. The molecule has 0 aliphatic heterocycles. The number of hydrogen-bond acceptors (Lipinski definition) is 3. The fraction of sp³-hybridized carbons (Fsp3) is 1.00. The number of halogens is 1. The van der Waals surface area contributed by atoms with E-state index in [0.29, 0.717) is 0 Å². The molecule has 0 aromatic heterocycles. The third kappa shape index (κ3) is 393. The first-order valence-electron chi connectivity index (χ1n) is 1.34. The molecule has 0 rings (SSSR count). The molecule has 0 saturated carbocycles. The van der Waals surface area contributed by atoms with Crippen LogP contribution >= 0.6 is 12.4 Å². The maximum absolute atomic E-state index is 7.00. The third-order valence-corrected chi connectivity index (χ3v) is 0. The molecule has 0 unspecified atom stereocenters. The van der Waals surface area contributed by atoms with Crippen LogP contribution in [-0.4, -0.2) is 36.6 Å². The van der Waals surface area contributed by atoms with Crippen LogP contribution in [0.1, 0.15) is 0 Å². The fourth-order valence-electron chi connectivity index (χ4n) is 0. The third-order valence-electron chi connectivity index (χ3n) is 0. The van der Waals surface area contributed by atoms with E-state index in [1.807, 2.05) is 0 Å². The summed E-state index contributed by atoms with van der Waals surface area (Å²) in [4.78, 5) is 0. The van der Waals surface area contributed by atoms with Crippen molar-refractivity contribution < 1.29 is 33.9 Å². The van der Waals surface area contributed by atoms with Crippen molar-refractivity contribution in [3.05, 3.63) is 0 Å². The summed E-state index contributed by atoms with van der Waals surface area (Å²) in [5, 5.41) is 21.0. The maximum Gasteiger partial charge on any atom is 0.0319 e. The van der Waals surface area contributed by atoms with Gasteiger partial charge in [-0.15, -0.1) is 12.4 Å². The molecular formula is C3H13ClO3V. The summed E-state index contributed by atoms with van der Waals surface area (Å²) in [5.74, 6) is 0. The van der Waals surface area contributed by atoms with Crippen molar-refractivity contribution in [3.8, 4) is 0 Å². The van der Waals surface area contributed by atoms with E-state index in [-0.39, 0.29) is 31.0 Å². The van der Waals surface area contributed by atoms with Crippen molar-refractivity contribution in [2.75, 3.05) is 21.3 Å². The molecule has 0 aliphatic carbocycles. The Balaban J connectivity index is -0.00000000500. The van der Waals surface area contributed by atoms with Gasteiger partial charge in [-0.2, -0.15) is 0 Å². The molecule has 0 amide bonds. The summed E-state index contributed by atoms with van der Waals surface area (Å²) in [6.45, 7) is 0. The van der Waals surface area contributed by atoms with Gasteiger partial charge in [0.15, 0.2) is 0 Å². The second kappa shape index (κ2) is 622. The van der Waals surface area contributed by atoms with Crippen LogP contribution in [0.25, 0.3) is 0 Å². The van der Waals surface area contributed by atoms with E-state index in [1.165, 1.54) is 0 Å². The quantitative estimate of drug-likeness (QED) is 0.463. The van der Waals surface area contributed by atoms with Gasteiger partial charge in [0.05, 0.1) is 0 Å². The van der Waals surface area contributed by atoms with Crippen molar-refractivity contribution in [2.45, 2.75) is 0 Å². The van der Waals surface area contributed by atoms with Crippen LogP contribution in [0, 0.1) is 0 Å². The summed E-state index contributed by atoms with van der Waals surface area (Å²) in [7, 11) is 3.00. The van der Waals surface area contributed by atoms with Gasteiger partial charge in [-0.3, -0.25) is 0 Å². The zero-order valence-electron chi connectivity index (χ0n) is 5.20. The summed E-state index contributed by atoms with van der Waals surface area (Å²) in [6, 6.07) is 0. The van der Waals surface area contributed by atoms with Crippen molar-refractivity contribution in [2.24, 2.45) is 0 Å². The Bertz CT molecular complexity index is 14.5. The van der Waals surface area contributed by atoms with Gasteiger partial charge in [-0.25, -0.2) is 0 Å². The zero-order valence-corrected chi connectivity index (χ0v) is 7.41. The Morgan fingerprint density at radius 1 is 0.625 bits per heavy atom. The van der Waals surface area contributed by atoms with Gasteiger partial charge in [0.1, 0.15) is 0 Å². The number of hydrogen-bond donors (Lipinski definition) is 3. The van der Waals surface area contributed by atoms with E-state index in [1.54, 1.807) is 0 Å². The SMILES string of the molecule is CO.CO.CO.Cl.[V]. The minimum atomic E-state index is 0. The Labute approximate surface area is 68.0 Å². The maximum atomic E-state index is 7.00. The summed E-state index contributed by atoms with van der Waals surface area (Å²) < 4.78 is 0. The summed E-state index contributed by atoms with van der Waals surface area (Å²) in [6.07, 6.45) is 0. The molecule has 0 fully saturated rings. The van der Waals surface area contributed by atoms with Crippen LogP contribution in [-0.2, 0) is 18.6 Å². The summed E-state index contributed by atoms with van der Waals surface area (Å²) in [5.41, 5.74) is 0. The van der Waals surface area contributed by atoms with Crippen LogP contribution in [0.3, 0.4) is 0 Å². The van der Waals surface area contributed by atoms with E-state index in [2.05, 4.69) is 0 Å². The smallest absolute Gasteiger partial charge is 0.0319 e. The minimum Gasteiger partial charge on any atom is -0.400 e. The average molecular weight is 184 g/mol. The Kier molecular flexibility index (Phi) is 2900. The van der Waals surface area contributed by atoms with E-state index in [0.717, 1.165) is 21.3 Å². The van der Waals surface area contributed by atoms with Crippen LogP contribution in [0.4, 0.5) is 0 Å². The molecule has 0 saturated heterocycles. The molecule has 8 heavy (non-hydrogen) atoms. The van der Waals surface area contributed by atoms with Gasteiger partial charge in [0.25, 0.3) is 0 Å². The molecule has 0 atom stereocenters. The van der Waals surface area contributed by atoms with E-state index in [9.17, 15) is 0 Å². The van der Waals surface area contributed by atoms with Gasteiger partial charge in [0, 0.05) is 39.9 Å². The summed E-state index contributed by atoms with van der Waals surface area (Å²) >= 11 is 0. The van der Waals surface area contributed by atoms with Crippen LogP contribution in [0.5, 0.6) is 0 Å². The Hall–Kier alpha value is 0.754. The molecule has 3 nitrogen and oxygen atoms in total. The molecule has 3 N–H and O–H groups in total. The molecule has 5 heteroatoms. The van der Waals surface area contributed by atoms with Crippen LogP contribution in [0.2, 0.25) is 0 Å². The van der Waals surface area contributed by atoms with Gasteiger partial charge in [0.2, 0.25) is 0 Å².